The van der Waals surface area contributed by atoms with Crippen LogP contribution in [0.5, 0.6) is 0 Å². The fraction of sp³-hybridized carbons (Fsp3) is 0.455. The monoisotopic (exact) mass is 454 g/mol. The summed E-state index contributed by atoms with van der Waals surface area (Å²) in [5, 5.41) is 10.5. The van der Waals surface area contributed by atoms with E-state index in [0.29, 0.717) is 44.5 Å². The van der Waals surface area contributed by atoms with Crippen molar-refractivity contribution in [3.8, 4) is 6.07 Å². The zero-order valence-corrected chi connectivity index (χ0v) is 18.1. The predicted molar refractivity (Wildman–Crippen MR) is 112 cm³/mol. The van der Waals surface area contributed by atoms with Gasteiger partial charge in [0.15, 0.2) is 17.3 Å². The van der Waals surface area contributed by atoms with Crippen molar-refractivity contribution >= 4 is 17.7 Å². The lowest BCUT2D eigenvalue weighted by atomic mass is 9.94. The Morgan fingerprint density at radius 2 is 2.06 bits per heavy atom. The summed E-state index contributed by atoms with van der Waals surface area (Å²) >= 11 is 0. The van der Waals surface area contributed by atoms with Gasteiger partial charge < -0.3 is 9.64 Å². The van der Waals surface area contributed by atoms with Gasteiger partial charge in [-0.1, -0.05) is 0 Å². The minimum Gasteiger partial charge on any atom is -0.461 e. The number of hydrogen-bond donors (Lipinski definition) is 0. The number of pyridine rings is 1. The van der Waals surface area contributed by atoms with Crippen LogP contribution >= 0.6 is 0 Å². The van der Waals surface area contributed by atoms with Crippen molar-refractivity contribution in [3.05, 3.63) is 47.4 Å². The number of anilines is 1. The quantitative estimate of drug-likeness (QED) is 0.626. The third kappa shape index (κ3) is 4.61. The Bertz CT molecular complexity index is 1080. The number of nitriles is 1. The van der Waals surface area contributed by atoms with E-state index in [1.807, 2.05) is 0 Å². The maximum Gasteiger partial charge on any atom is 0.360 e. The number of aromatic nitrogens is 3. The maximum absolute atomic E-state index is 14.8. The molecule has 1 atom stereocenters. The van der Waals surface area contributed by atoms with E-state index in [9.17, 15) is 14.0 Å². The number of piperidine rings is 1. The first-order valence-corrected chi connectivity index (χ1v) is 10.8. The van der Waals surface area contributed by atoms with Crippen LogP contribution in [0.15, 0.2) is 24.8 Å². The fourth-order valence-electron chi connectivity index (χ4n) is 4.13. The highest BCUT2D eigenvalue weighted by molar-refractivity contribution is 5.88. The molecule has 0 aliphatic carbocycles. The summed E-state index contributed by atoms with van der Waals surface area (Å²) in [6.45, 7) is 2.91. The van der Waals surface area contributed by atoms with Crippen LogP contribution < -0.4 is 4.90 Å². The smallest absolute Gasteiger partial charge is 0.360 e. The summed E-state index contributed by atoms with van der Waals surface area (Å²) < 4.78 is 19.7. The minimum absolute atomic E-state index is 0.0219. The van der Waals surface area contributed by atoms with E-state index in [1.54, 1.807) is 24.1 Å². The SMILES string of the molecule is CCOC(=O)c1ncnc(N2CCC(C(=O)N3OCC[C@H]3c3cncc(C#N)c3)CC2)c1F. The zero-order valence-electron chi connectivity index (χ0n) is 18.1. The van der Waals surface area contributed by atoms with Gasteiger partial charge in [0.25, 0.3) is 0 Å². The standard InChI is InChI=1S/C22H23FN6O4/c1-2-32-22(31)19-18(23)20(27-13-26-19)28-6-3-15(4-7-28)21(30)29-17(5-8-33-29)16-9-14(10-24)11-25-12-16/h9,11-13,15,17H,2-8H2,1H3/t17-/m0/s1. The Morgan fingerprint density at radius 1 is 1.27 bits per heavy atom. The molecule has 0 radical (unpaired) electrons. The van der Waals surface area contributed by atoms with Crippen molar-refractivity contribution in [1.29, 1.82) is 5.26 Å². The molecule has 0 aromatic carbocycles. The molecule has 1 amide bonds. The third-order valence-corrected chi connectivity index (χ3v) is 5.78. The number of hydroxylamine groups is 2. The summed E-state index contributed by atoms with van der Waals surface area (Å²) in [7, 11) is 0. The first kappa shape index (κ1) is 22.5. The molecule has 2 fully saturated rings. The average molecular weight is 454 g/mol. The van der Waals surface area contributed by atoms with Crippen LogP contribution in [0.1, 0.15) is 53.8 Å². The van der Waals surface area contributed by atoms with Crippen molar-refractivity contribution < 1.29 is 23.6 Å². The van der Waals surface area contributed by atoms with E-state index in [2.05, 4.69) is 21.0 Å². The van der Waals surface area contributed by atoms with Gasteiger partial charge in [0.1, 0.15) is 12.4 Å². The first-order valence-electron chi connectivity index (χ1n) is 10.8. The van der Waals surface area contributed by atoms with Gasteiger partial charge in [-0.05, 0) is 31.4 Å². The number of halogens is 1. The molecule has 0 saturated carbocycles. The third-order valence-electron chi connectivity index (χ3n) is 5.78. The molecule has 10 nitrogen and oxygen atoms in total. The lowest BCUT2D eigenvalue weighted by molar-refractivity contribution is -0.182. The predicted octanol–water partition coefficient (Wildman–Crippen LogP) is 2.18. The van der Waals surface area contributed by atoms with Gasteiger partial charge in [-0.15, -0.1) is 0 Å². The first-order chi connectivity index (χ1) is 16.0. The summed E-state index contributed by atoms with van der Waals surface area (Å²) in [6.07, 6.45) is 5.81. The molecule has 0 bridgehead atoms. The molecule has 11 heteroatoms. The van der Waals surface area contributed by atoms with Crippen molar-refractivity contribution in [2.75, 3.05) is 31.2 Å². The zero-order chi connectivity index (χ0) is 23.4. The van der Waals surface area contributed by atoms with Crippen LogP contribution in [-0.4, -0.2) is 58.2 Å². The molecule has 2 aromatic heterocycles. The van der Waals surface area contributed by atoms with E-state index in [0.717, 1.165) is 11.9 Å². The molecule has 2 aromatic rings. The van der Waals surface area contributed by atoms with Crippen LogP contribution in [0.25, 0.3) is 0 Å². The molecule has 0 spiro atoms. The largest absolute Gasteiger partial charge is 0.461 e. The number of carbonyl (C=O) groups excluding carboxylic acids is 2. The number of carbonyl (C=O) groups is 2. The topological polar surface area (TPSA) is 122 Å². The molecule has 0 N–H and O–H groups in total. The van der Waals surface area contributed by atoms with Crippen LogP contribution in [-0.2, 0) is 14.4 Å². The van der Waals surface area contributed by atoms with Gasteiger partial charge in [0.05, 0.1) is 24.8 Å². The fourth-order valence-corrected chi connectivity index (χ4v) is 4.13. The summed E-state index contributed by atoms with van der Waals surface area (Å²) in [6, 6.07) is 3.47. The minimum atomic E-state index is -0.837. The Morgan fingerprint density at radius 3 is 2.79 bits per heavy atom. The highest BCUT2D eigenvalue weighted by atomic mass is 19.1. The van der Waals surface area contributed by atoms with E-state index in [-0.39, 0.29) is 30.3 Å². The van der Waals surface area contributed by atoms with Gasteiger partial charge in [-0.3, -0.25) is 14.6 Å². The lowest BCUT2D eigenvalue weighted by Crippen LogP contribution is -2.42. The molecule has 2 aliphatic rings. The number of rotatable bonds is 5. The molecule has 2 aliphatic heterocycles. The normalized spacial score (nSPS) is 18.8. The summed E-state index contributed by atoms with van der Waals surface area (Å²) in [4.78, 5) is 44.2. The maximum atomic E-state index is 14.8. The molecule has 2 saturated heterocycles. The molecular formula is C22H23FN6O4. The number of ether oxygens (including phenoxy) is 1. The van der Waals surface area contributed by atoms with E-state index in [1.165, 1.54) is 11.3 Å². The van der Waals surface area contributed by atoms with Crippen molar-refractivity contribution in [2.45, 2.75) is 32.2 Å². The number of hydrogen-bond acceptors (Lipinski definition) is 9. The van der Waals surface area contributed by atoms with Crippen molar-refractivity contribution in [3.63, 3.8) is 0 Å². The van der Waals surface area contributed by atoms with E-state index < -0.39 is 17.5 Å². The molecular weight excluding hydrogens is 431 g/mol. The molecule has 172 valence electrons. The van der Waals surface area contributed by atoms with Gasteiger partial charge in [0, 0.05) is 37.8 Å². The van der Waals surface area contributed by atoms with Crippen molar-refractivity contribution in [2.24, 2.45) is 5.92 Å². The van der Waals surface area contributed by atoms with E-state index >= 15 is 0 Å². The summed E-state index contributed by atoms with van der Waals surface area (Å²) in [5.74, 6) is -2.09. The Balaban J connectivity index is 1.43. The van der Waals surface area contributed by atoms with Crippen LogP contribution in [0.2, 0.25) is 0 Å². The number of nitrogens with zero attached hydrogens (tertiary/aromatic N) is 6. The van der Waals surface area contributed by atoms with Gasteiger partial charge in [-0.25, -0.2) is 24.2 Å². The second-order valence-corrected chi connectivity index (χ2v) is 7.76. The van der Waals surface area contributed by atoms with Gasteiger partial charge in [-0.2, -0.15) is 5.26 Å². The molecule has 0 unspecified atom stereocenters. The summed E-state index contributed by atoms with van der Waals surface area (Å²) in [5.41, 5.74) is 0.780. The molecule has 4 heterocycles. The van der Waals surface area contributed by atoms with Gasteiger partial charge in [0.2, 0.25) is 5.91 Å². The average Bonchev–Trinajstić information content (AvgIpc) is 3.34. The molecule has 33 heavy (non-hydrogen) atoms. The van der Waals surface area contributed by atoms with Crippen LogP contribution in [0.3, 0.4) is 0 Å². The Kier molecular flexibility index (Phi) is 6.74. The van der Waals surface area contributed by atoms with Crippen LogP contribution in [0, 0.1) is 23.1 Å². The molecule has 4 rings (SSSR count). The van der Waals surface area contributed by atoms with Crippen LogP contribution in [0.4, 0.5) is 10.2 Å². The highest BCUT2D eigenvalue weighted by Gasteiger charge is 2.38. The second kappa shape index (κ2) is 9.87. The van der Waals surface area contributed by atoms with Crippen molar-refractivity contribution in [1.82, 2.24) is 20.0 Å². The second-order valence-electron chi connectivity index (χ2n) is 7.76. The number of esters is 1. The lowest BCUT2D eigenvalue weighted by Gasteiger charge is -2.34. The Hall–Kier alpha value is -3.65. The van der Waals surface area contributed by atoms with Gasteiger partial charge >= 0.3 is 5.97 Å². The highest BCUT2D eigenvalue weighted by Crippen LogP contribution is 2.34. The van der Waals surface area contributed by atoms with E-state index in [4.69, 9.17) is 14.8 Å². The number of amides is 1. The Labute approximate surface area is 189 Å².